The van der Waals surface area contributed by atoms with Crippen LogP contribution < -0.4 is 0 Å². The van der Waals surface area contributed by atoms with E-state index in [0.29, 0.717) is 11.7 Å². The van der Waals surface area contributed by atoms with E-state index >= 15 is 0 Å². The molecule has 3 rings (SSSR count). The Morgan fingerprint density at radius 3 is 2.73 bits per heavy atom. The van der Waals surface area contributed by atoms with Crippen molar-refractivity contribution in [2.45, 2.75) is 44.8 Å². The first-order valence-electron chi connectivity index (χ1n) is 8.37. The molecule has 0 radical (unpaired) electrons. The van der Waals surface area contributed by atoms with Crippen LogP contribution in [0.15, 0.2) is 24.3 Å². The predicted octanol–water partition coefficient (Wildman–Crippen LogP) is 3.17. The van der Waals surface area contributed by atoms with Gasteiger partial charge in [0.1, 0.15) is 0 Å². The molecule has 22 heavy (non-hydrogen) atoms. The van der Waals surface area contributed by atoms with Crippen molar-refractivity contribution in [1.29, 1.82) is 0 Å². The highest BCUT2D eigenvalue weighted by Gasteiger charge is 2.24. The number of ether oxygens (including phenoxy) is 1. The number of carboxylic acid groups (broad SMARTS) is 1. The molecule has 0 amide bonds. The third-order valence-corrected chi connectivity index (χ3v) is 4.81. The van der Waals surface area contributed by atoms with E-state index in [1.54, 1.807) is 12.1 Å². The van der Waals surface area contributed by atoms with Gasteiger partial charge in [-0.25, -0.2) is 4.79 Å². The van der Waals surface area contributed by atoms with Crippen molar-refractivity contribution in [3.05, 3.63) is 35.4 Å². The monoisotopic (exact) mass is 303 g/mol. The number of carboxylic acids is 1. The SMILES string of the molecule is O=C(O)c1cccc(CN(CC2CCC2)CC2CCCO2)c1. The van der Waals surface area contributed by atoms with Crippen LogP contribution in [0.25, 0.3) is 0 Å². The topological polar surface area (TPSA) is 49.8 Å². The summed E-state index contributed by atoms with van der Waals surface area (Å²) < 4.78 is 5.78. The molecular weight excluding hydrogens is 278 g/mol. The van der Waals surface area contributed by atoms with Gasteiger partial charge in [0.15, 0.2) is 0 Å². The molecule has 4 nitrogen and oxygen atoms in total. The second-order valence-electron chi connectivity index (χ2n) is 6.63. The lowest BCUT2D eigenvalue weighted by molar-refractivity contribution is 0.0579. The number of nitrogens with zero attached hydrogens (tertiary/aromatic N) is 1. The number of hydrogen-bond donors (Lipinski definition) is 1. The standard InChI is InChI=1S/C18H25NO3/c20-18(21)16-7-2-6-15(10-16)12-19(11-14-4-1-5-14)13-17-8-3-9-22-17/h2,6-7,10,14,17H,1,3-5,8-9,11-13H2,(H,20,21). The molecular formula is C18H25NO3. The van der Waals surface area contributed by atoms with Crippen LogP contribution in [0.4, 0.5) is 0 Å². The van der Waals surface area contributed by atoms with Crippen molar-refractivity contribution in [2.75, 3.05) is 19.7 Å². The minimum atomic E-state index is -0.855. The third-order valence-electron chi connectivity index (χ3n) is 4.81. The maximum Gasteiger partial charge on any atom is 0.335 e. The summed E-state index contributed by atoms with van der Waals surface area (Å²) in [6.45, 7) is 3.78. The summed E-state index contributed by atoms with van der Waals surface area (Å²) in [6, 6.07) is 7.32. The Hall–Kier alpha value is -1.39. The van der Waals surface area contributed by atoms with Gasteiger partial charge in [-0.3, -0.25) is 4.90 Å². The zero-order valence-corrected chi connectivity index (χ0v) is 13.0. The van der Waals surface area contributed by atoms with Gasteiger partial charge in [0.2, 0.25) is 0 Å². The first-order chi connectivity index (χ1) is 10.7. The molecule has 1 aromatic carbocycles. The number of benzene rings is 1. The van der Waals surface area contributed by atoms with Crippen molar-refractivity contribution >= 4 is 5.97 Å². The van der Waals surface area contributed by atoms with Gasteiger partial charge < -0.3 is 9.84 Å². The second-order valence-corrected chi connectivity index (χ2v) is 6.63. The van der Waals surface area contributed by atoms with E-state index in [0.717, 1.165) is 50.6 Å². The molecule has 0 spiro atoms. The summed E-state index contributed by atoms with van der Waals surface area (Å²) in [5.41, 5.74) is 1.45. The molecule has 1 unspecified atom stereocenters. The maximum atomic E-state index is 11.1. The molecule has 1 aliphatic heterocycles. The summed E-state index contributed by atoms with van der Waals surface area (Å²) in [7, 11) is 0. The maximum absolute atomic E-state index is 11.1. The van der Waals surface area contributed by atoms with Gasteiger partial charge in [-0.2, -0.15) is 0 Å². The fourth-order valence-corrected chi connectivity index (χ4v) is 3.38. The lowest BCUT2D eigenvalue weighted by Crippen LogP contribution is -2.37. The average Bonchev–Trinajstić information content (AvgIpc) is 2.96. The van der Waals surface area contributed by atoms with Gasteiger partial charge in [-0.15, -0.1) is 0 Å². The summed E-state index contributed by atoms with van der Waals surface area (Å²) in [6.07, 6.45) is 6.68. The van der Waals surface area contributed by atoms with Gasteiger partial charge >= 0.3 is 5.97 Å². The average molecular weight is 303 g/mol. The van der Waals surface area contributed by atoms with E-state index in [-0.39, 0.29) is 0 Å². The van der Waals surface area contributed by atoms with Crippen LogP contribution in [-0.2, 0) is 11.3 Å². The Labute approximate surface area is 132 Å². The smallest absolute Gasteiger partial charge is 0.335 e. The third kappa shape index (κ3) is 4.08. The summed E-state index contributed by atoms with van der Waals surface area (Å²) >= 11 is 0. The molecule has 1 aromatic rings. The fraction of sp³-hybridized carbons (Fsp3) is 0.611. The van der Waals surface area contributed by atoms with E-state index in [4.69, 9.17) is 9.84 Å². The van der Waals surface area contributed by atoms with Crippen LogP contribution in [0, 0.1) is 5.92 Å². The van der Waals surface area contributed by atoms with Crippen LogP contribution in [-0.4, -0.2) is 41.8 Å². The van der Waals surface area contributed by atoms with Gasteiger partial charge in [-0.05, 0) is 49.3 Å². The summed E-state index contributed by atoms with van der Waals surface area (Å²) in [5, 5.41) is 9.13. The van der Waals surface area contributed by atoms with Crippen LogP contribution in [0.3, 0.4) is 0 Å². The number of carbonyl (C=O) groups is 1. The zero-order chi connectivity index (χ0) is 15.4. The number of rotatable bonds is 7. The molecule has 0 aromatic heterocycles. The van der Waals surface area contributed by atoms with Crippen LogP contribution in [0.2, 0.25) is 0 Å². The van der Waals surface area contributed by atoms with Crippen molar-refractivity contribution in [3.63, 3.8) is 0 Å². The quantitative estimate of drug-likeness (QED) is 0.840. The lowest BCUT2D eigenvalue weighted by Gasteiger charge is -2.33. The van der Waals surface area contributed by atoms with Gasteiger partial charge in [0, 0.05) is 26.2 Å². The molecule has 2 fully saturated rings. The second kappa shape index (κ2) is 7.25. The predicted molar refractivity (Wildman–Crippen MR) is 85.0 cm³/mol. The van der Waals surface area contributed by atoms with Crippen molar-refractivity contribution < 1.29 is 14.6 Å². The summed E-state index contributed by atoms with van der Waals surface area (Å²) in [5.74, 6) is -0.0458. The van der Waals surface area contributed by atoms with Gasteiger partial charge in [0.25, 0.3) is 0 Å². The van der Waals surface area contributed by atoms with E-state index in [1.807, 2.05) is 12.1 Å². The van der Waals surface area contributed by atoms with E-state index in [1.165, 1.54) is 19.3 Å². The highest BCUT2D eigenvalue weighted by molar-refractivity contribution is 5.87. The van der Waals surface area contributed by atoms with Gasteiger partial charge in [-0.1, -0.05) is 18.6 Å². The molecule has 2 aliphatic rings. The van der Waals surface area contributed by atoms with Crippen LogP contribution in [0.1, 0.15) is 48.0 Å². The molecule has 1 heterocycles. The van der Waals surface area contributed by atoms with Crippen LogP contribution >= 0.6 is 0 Å². The Bertz CT molecular complexity index is 507. The molecule has 120 valence electrons. The minimum Gasteiger partial charge on any atom is -0.478 e. The molecule has 1 saturated carbocycles. The molecule has 0 bridgehead atoms. The molecule has 1 atom stereocenters. The Morgan fingerprint density at radius 1 is 1.23 bits per heavy atom. The molecule has 1 saturated heterocycles. The van der Waals surface area contributed by atoms with E-state index in [2.05, 4.69) is 4.90 Å². The largest absolute Gasteiger partial charge is 0.478 e. The van der Waals surface area contributed by atoms with Crippen molar-refractivity contribution in [3.8, 4) is 0 Å². The minimum absolute atomic E-state index is 0.350. The Kier molecular flexibility index (Phi) is 5.11. The first-order valence-corrected chi connectivity index (χ1v) is 8.37. The highest BCUT2D eigenvalue weighted by Crippen LogP contribution is 2.28. The zero-order valence-electron chi connectivity index (χ0n) is 13.0. The Morgan fingerprint density at radius 2 is 2.09 bits per heavy atom. The normalized spacial score (nSPS) is 22.0. The van der Waals surface area contributed by atoms with Crippen molar-refractivity contribution in [2.24, 2.45) is 5.92 Å². The highest BCUT2D eigenvalue weighted by atomic mass is 16.5. The summed E-state index contributed by atoms with van der Waals surface area (Å²) in [4.78, 5) is 13.6. The number of hydrogen-bond acceptors (Lipinski definition) is 3. The van der Waals surface area contributed by atoms with E-state index < -0.39 is 5.97 Å². The molecule has 1 aliphatic carbocycles. The van der Waals surface area contributed by atoms with Crippen LogP contribution in [0.5, 0.6) is 0 Å². The van der Waals surface area contributed by atoms with Gasteiger partial charge in [0.05, 0.1) is 11.7 Å². The lowest BCUT2D eigenvalue weighted by atomic mass is 9.85. The van der Waals surface area contributed by atoms with E-state index in [9.17, 15) is 4.79 Å². The molecule has 4 heteroatoms. The van der Waals surface area contributed by atoms with Crippen molar-refractivity contribution in [1.82, 2.24) is 4.90 Å². The first kappa shape index (κ1) is 15.5. The Balaban J connectivity index is 1.64. The molecule has 1 N–H and O–H groups in total. The number of aromatic carboxylic acids is 1. The fourth-order valence-electron chi connectivity index (χ4n) is 3.38.